The minimum absolute atomic E-state index is 0.0900. The Hall–Kier alpha value is -1.44. The molecule has 0 bridgehead atoms. The van der Waals surface area contributed by atoms with E-state index in [2.05, 4.69) is 4.90 Å². The second kappa shape index (κ2) is 7.76. The molecule has 0 radical (unpaired) electrons. The monoisotopic (exact) mass is 406 g/mol. The Morgan fingerprint density at radius 3 is 2.57 bits per heavy atom. The molecule has 1 unspecified atom stereocenters. The maximum atomic E-state index is 12.8. The molecule has 0 N–H and O–H groups in total. The summed E-state index contributed by atoms with van der Waals surface area (Å²) >= 11 is 0. The van der Waals surface area contributed by atoms with Crippen molar-refractivity contribution >= 4 is 15.7 Å². The molecule has 2 saturated heterocycles. The first-order valence-corrected chi connectivity index (χ1v) is 12.2. The lowest BCUT2D eigenvalue weighted by atomic mass is 9.85. The number of carbonyl (C=O) groups is 1. The first-order valence-electron chi connectivity index (χ1n) is 10.3. The molecule has 28 heavy (non-hydrogen) atoms. The van der Waals surface area contributed by atoms with Crippen LogP contribution in [-0.4, -0.2) is 75.3 Å². The van der Waals surface area contributed by atoms with Crippen LogP contribution in [0.5, 0.6) is 0 Å². The number of ether oxygens (including phenoxy) is 1. The Morgan fingerprint density at radius 2 is 1.93 bits per heavy atom. The van der Waals surface area contributed by atoms with Crippen LogP contribution >= 0.6 is 0 Å². The van der Waals surface area contributed by atoms with Gasteiger partial charge < -0.3 is 14.5 Å². The second-order valence-electron chi connectivity index (χ2n) is 8.72. The molecule has 1 aliphatic carbocycles. The Kier molecular flexibility index (Phi) is 5.51. The number of carbonyl (C=O) groups excluding carboxylic acids is 1. The topological polar surface area (TPSA) is 66.9 Å². The van der Waals surface area contributed by atoms with Crippen molar-refractivity contribution in [3.05, 3.63) is 29.8 Å². The number of morpholine rings is 1. The van der Waals surface area contributed by atoms with Gasteiger partial charge in [-0.2, -0.15) is 0 Å². The van der Waals surface area contributed by atoms with Crippen molar-refractivity contribution < 1.29 is 17.9 Å². The van der Waals surface area contributed by atoms with Crippen molar-refractivity contribution in [2.75, 3.05) is 45.6 Å². The van der Waals surface area contributed by atoms with Gasteiger partial charge in [0.05, 0.1) is 30.1 Å². The maximum Gasteiger partial charge on any atom is 0.227 e. The molecule has 0 aromatic heterocycles. The molecule has 3 fully saturated rings. The maximum absolute atomic E-state index is 12.8. The molecule has 1 aromatic rings. The highest BCUT2D eigenvalue weighted by Crippen LogP contribution is 2.33. The SMILES string of the molecule is CS(=O)(=O)c1ccc(CC(=O)N2CCOC3(CCN(CC4CCC4)C3)C2)cc1. The van der Waals surface area contributed by atoms with Crippen LogP contribution < -0.4 is 0 Å². The summed E-state index contributed by atoms with van der Waals surface area (Å²) in [5.74, 6) is 0.943. The fourth-order valence-electron chi connectivity index (χ4n) is 4.57. The zero-order chi connectivity index (χ0) is 19.8. The summed E-state index contributed by atoms with van der Waals surface area (Å²) in [6.07, 6.45) is 6.56. The number of rotatable bonds is 5. The van der Waals surface area contributed by atoms with Crippen LogP contribution in [0, 0.1) is 5.92 Å². The number of nitrogens with zero attached hydrogens (tertiary/aromatic N) is 2. The number of sulfone groups is 1. The number of hydrogen-bond acceptors (Lipinski definition) is 5. The standard InChI is InChI=1S/C21H30N2O4S/c1-28(25,26)19-7-5-17(6-8-19)13-20(24)23-11-12-27-21(16-23)9-10-22(15-21)14-18-3-2-4-18/h5-8,18H,2-4,9-16H2,1H3. The molecule has 7 heteroatoms. The van der Waals surface area contributed by atoms with Gasteiger partial charge in [0, 0.05) is 32.4 Å². The van der Waals surface area contributed by atoms with Gasteiger partial charge in [-0.05, 0) is 42.9 Å². The van der Waals surface area contributed by atoms with Crippen LogP contribution in [-0.2, 0) is 25.8 Å². The molecule has 4 rings (SSSR count). The van der Waals surface area contributed by atoms with Gasteiger partial charge in [-0.1, -0.05) is 18.6 Å². The van der Waals surface area contributed by atoms with Gasteiger partial charge in [-0.15, -0.1) is 0 Å². The van der Waals surface area contributed by atoms with E-state index in [1.165, 1.54) is 32.1 Å². The van der Waals surface area contributed by atoms with Gasteiger partial charge in [0.1, 0.15) is 0 Å². The lowest BCUT2D eigenvalue weighted by Crippen LogP contribution is -2.55. The van der Waals surface area contributed by atoms with Crippen molar-refractivity contribution in [2.45, 2.75) is 42.6 Å². The van der Waals surface area contributed by atoms with Crippen LogP contribution in [0.4, 0.5) is 0 Å². The second-order valence-corrected chi connectivity index (χ2v) is 10.7. The van der Waals surface area contributed by atoms with Crippen LogP contribution in [0.15, 0.2) is 29.2 Å². The van der Waals surface area contributed by atoms with E-state index in [4.69, 9.17) is 4.74 Å². The largest absolute Gasteiger partial charge is 0.370 e. The van der Waals surface area contributed by atoms with Gasteiger partial charge in [-0.25, -0.2) is 8.42 Å². The summed E-state index contributed by atoms with van der Waals surface area (Å²) in [4.78, 5) is 17.6. The van der Waals surface area contributed by atoms with Gasteiger partial charge in [0.2, 0.25) is 5.91 Å². The Labute approximate surface area is 167 Å². The third-order valence-electron chi connectivity index (χ3n) is 6.44. The minimum atomic E-state index is -3.21. The number of benzene rings is 1. The predicted octanol–water partition coefficient (Wildman–Crippen LogP) is 1.74. The first-order chi connectivity index (χ1) is 13.3. The lowest BCUT2D eigenvalue weighted by Gasteiger charge is -2.41. The van der Waals surface area contributed by atoms with Gasteiger partial charge >= 0.3 is 0 Å². The summed E-state index contributed by atoms with van der Waals surface area (Å²) in [5.41, 5.74) is 0.633. The summed E-state index contributed by atoms with van der Waals surface area (Å²) in [5, 5.41) is 0. The van der Waals surface area contributed by atoms with E-state index in [1.807, 2.05) is 4.90 Å². The smallest absolute Gasteiger partial charge is 0.227 e. The fourth-order valence-corrected chi connectivity index (χ4v) is 5.20. The van der Waals surface area contributed by atoms with Crippen molar-refractivity contribution in [2.24, 2.45) is 5.92 Å². The predicted molar refractivity (Wildman–Crippen MR) is 107 cm³/mol. The lowest BCUT2D eigenvalue weighted by molar-refractivity contribution is -0.148. The summed E-state index contributed by atoms with van der Waals surface area (Å²) in [7, 11) is -3.21. The van der Waals surface area contributed by atoms with Crippen molar-refractivity contribution in [1.82, 2.24) is 9.80 Å². The van der Waals surface area contributed by atoms with Gasteiger partial charge in [0.25, 0.3) is 0 Å². The van der Waals surface area contributed by atoms with Gasteiger partial charge in [-0.3, -0.25) is 4.79 Å². The number of hydrogen-bond donors (Lipinski definition) is 0. The average Bonchev–Trinajstić information content (AvgIpc) is 3.00. The molecule has 1 saturated carbocycles. The molecule has 2 heterocycles. The summed E-state index contributed by atoms with van der Waals surface area (Å²) < 4.78 is 29.3. The highest BCUT2D eigenvalue weighted by molar-refractivity contribution is 7.90. The number of amides is 1. The van der Waals surface area contributed by atoms with Crippen molar-refractivity contribution in [1.29, 1.82) is 0 Å². The summed E-state index contributed by atoms with van der Waals surface area (Å²) in [6, 6.07) is 6.63. The molecule has 154 valence electrons. The third-order valence-corrected chi connectivity index (χ3v) is 7.57. The van der Waals surface area contributed by atoms with E-state index in [-0.39, 0.29) is 16.4 Å². The third kappa shape index (κ3) is 4.42. The van der Waals surface area contributed by atoms with Crippen LogP contribution in [0.2, 0.25) is 0 Å². The van der Waals surface area contributed by atoms with Crippen LogP contribution in [0.3, 0.4) is 0 Å². The fraction of sp³-hybridized carbons (Fsp3) is 0.667. The van der Waals surface area contributed by atoms with Crippen molar-refractivity contribution in [3.63, 3.8) is 0 Å². The molecule has 3 aliphatic rings. The molecule has 2 aliphatic heterocycles. The van der Waals surface area contributed by atoms with E-state index < -0.39 is 9.84 Å². The Morgan fingerprint density at radius 1 is 1.18 bits per heavy atom. The van der Waals surface area contributed by atoms with Gasteiger partial charge in [0.15, 0.2) is 9.84 Å². The molecule has 1 atom stereocenters. The average molecular weight is 407 g/mol. The van der Waals surface area contributed by atoms with E-state index >= 15 is 0 Å². The zero-order valence-corrected chi connectivity index (χ0v) is 17.4. The number of likely N-dealkylation sites (tertiary alicyclic amines) is 1. The van der Waals surface area contributed by atoms with E-state index in [1.54, 1.807) is 24.3 Å². The molecular weight excluding hydrogens is 376 g/mol. The Balaban J connectivity index is 1.34. The van der Waals surface area contributed by atoms with E-state index in [0.717, 1.165) is 31.0 Å². The zero-order valence-electron chi connectivity index (χ0n) is 16.6. The quantitative estimate of drug-likeness (QED) is 0.745. The highest BCUT2D eigenvalue weighted by atomic mass is 32.2. The highest BCUT2D eigenvalue weighted by Gasteiger charge is 2.44. The van der Waals surface area contributed by atoms with Crippen LogP contribution in [0.25, 0.3) is 0 Å². The molecule has 1 spiro atoms. The minimum Gasteiger partial charge on any atom is -0.370 e. The van der Waals surface area contributed by atoms with E-state index in [0.29, 0.717) is 26.1 Å². The van der Waals surface area contributed by atoms with E-state index in [9.17, 15) is 13.2 Å². The molecule has 6 nitrogen and oxygen atoms in total. The normalized spacial score (nSPS) is 26.5. The first kappa shape index (κ1) is 19.9. The molecule has 1 amide bonds. The summed E-state index contributed by atoms with van der Waals surface area (Å²) in [6.45, 7) is 5.04. The molecular formula is C21H30N2O4S. The Bertz CT molecular complexity index is 819. The molecule has 1 aromatic carbocycles. The van der Waals surface area contributed by atoms with Crippen molar-refractivity contribution in [3.8, 4) is 0 Å². The van der Waals surface area contributed by atoms with Crippen LogP contribution in [0.1, 0.15) is 31.2 Å².